The summed E-state index contributed by atoms with van der Waals surface area (Å²) < 4.78 is 0. The molecule has 1 aliphatic rings. The van der Waals surface area contributed by atoms with Crippen LogP contribution in [0.15, 0.2) is 11.1 Å². The van der Waals surface area contributed by atoms with Crippen molar-refractivity contribution in [1.82, 2.24) is 15.2 Å². The van der Waals surface area contributed by atoms with Crippen molar-refractivity contribution < 1.29 is 9.59 Å². The van der Waals surface area contributed by atoms with Crippen LogP contribution in [0.3, 0.4) is 0 Å². The number of aryl methyl sites for hydroxylation is 2. The van der Waals surface area contributed by atoms with Gasteiger partial charge in [0, 0.05) is 18.8 Å². The fraction of sp³-hybridized carbons (Fsp3) is 0.429. The number of rotatable bonds is 3. The lowest BCUT2D eigenvalue weighted by molar-refractivity contribution is -0.126. The molecule has 1 fully saturated rings. The standard InChI is InChI=1S/C14H16N4O2S/c1-8-6-9(2)17-12(11(8)7-15)21-10(3)13(19)18-5-4-16-14(18)20/h6,10H,4-5H2,1-3H3,(H,16,20)/t10-/m1/s1. The van der Waals surface area contributed by atoms with Crippen LogP contribution in [0.4, 0.5) is 4.79 Å². The normalized spacial score (nSPS) is 15.5. The highest BCUT2D eigenvalue weighted by Crippen LogP contribution is 2.28. The van der Waals surface area contributed by atoms with Crippen molar-refractivity contribution in [2.45, 2.75) is 31.0 Å². The minimum Gasteiger partial charge on any atom is -0.336 e. The maximum atomic E-state index is 12.3. The summed E-state index contributed by atoms with van der Waals surface area (Å²) in [6, 6.07) is 3.60. The Labute approximate surface area is 127 Å². The third kappa shape index (κ3) is 3.16. The van der Waals surface area contributed by atoms with E-state index in [2.05, 4.69) is 16.4 Å². The minimum absolute atomic E-state index is 0.264. The highest BCUT2D eigenvalue weighted by molar-refractivity contribution is 8.00. The van der Waals surface area contributed by atoms with Gasteiger partial charge < -0.3 is 5.32 Å². The number of hydrogen-bond donors (Lipinski definition) is 1. The van der Waals surface area contributed by atoms with Crippen molar-refractivity contribution in [2.75, 3.05) is 13.1 Å². The number of pyridine rings is 1. The lowest BCUT2D eigenvalue weighted by Gasteiger charge is -2.18. The molecule has 110 valence electrons. The molecular formula is C14H16N4O2S. The predicted octanol–water partition coefficient (Wildman–Crippen LogP) is 1.60. The summed E-state index contributed by atoms with van der Waals surface area (Å²) >= 11 is 1.22. The number of carbonyl (C=O) groups excluding carboxylic acids is 2. The zero-order valence-corrected chi connectivity index (χ0v) is 13.0. The summed E-state index contributed by atoms with van der Waals surface area (Å²) in [4.78, 5) is 29.3. The third-order valence-electron chi connectivity index (χ3n) is 3.18. The lowest BCUT2D eigenvalue weighted by Crippen LogP contribution is -2.39. The first-order valence-corrected chi connectivity index (χ1v) is 7.46. The van der Waals surface area contributed by atoms with Gasteiger partial charge in [0.25, 0.3) is 0 Å². The fourth-order valence-electron chi connectivity index (χ4n) is 2.14. The first-order chi connectivity index (χ1) is 9.93. The van der Waals surface area contributed by atoms with E-state index in [0.717, 1.165) is 11.3 Å². The number of carbonyl (C=O) groups is 2. The predicted molar refractivity (Wildman–Crippen MR) is 78.9 cm³/mol. The van der Waals surface area contributed by atoms with Gasteiger partial charge >= 0.3 is 6.03 Å². The van der Waals surface area contributed by atoms with E-state index in [9.17, 15) is 14.9 Å². The molecule has 21 heavy (non-hydrogen) atoms. The average Bonchev–Trinajstić information content (AvgIpc) is 2.83. The second-order valence-corrected chi connectivity index (χ2v) is 6.18. The third-order valence-corrected chi connectivity index (χ3v) is 4.26. The summed E-state index contributed by atoms with van der Waals surface area (Å²) in [6.45, 7) is 6.27. The van der Waals surface area contributed by atoms with Crippen LogP contribution in [-0.4, -0.2) is 40.2 Å². The van der Waals surface area contributed by atoms with E-state index in [1.807, 2.05) is 19.9 Å². The molecule has 1 aliphatic heterocycles. The van der Waals surface area contributed by atoms with E-state index in [-0.39, 0.29) is 11.9 Å². The number of thioether (sulfide) groups is 1. The molecule has 1 atom stereocenters. The number of hydrogen-bond acceptors (Lipinski definition) is 5. The molecule has 0 spiro atoms. The van der Waals surface area contributed by atoms with Crippen LogP contribution in [-0.2, 0) is 4.79 Å². The first-order valence-electron chi connectivity index (χ1n) is 6.58. The van der Waals surface area contributed by atoms with Gasteiger partial charge in [-0.05, 0) is 32.4 Å². The topological polar surface area (TPSA) is 86.1 Å². The van der Waals surface area contributed by atoms with Crippen LogP contribution < -0.4 is 5.32 Å². The monoisotopic (exact) mass is 304 g/mol. The van der Waals surface area contributed by atoms with Crippen molar-refractivity contribution in [1.29, 1.82) is 5.26 Å². The van der Waals surface area contributed by atoms with Gasteiger partial charge in [-0.1, -0.05) is 11.8 Å². The Bertz CT molecular complexity index is 639. The van der Waals surface area contributed by atoms with Crippen LogP contribution in [0.1, 0.15) is 23.7 Å². The van der Waals surface area contributed by atoms with E-state index in [1.165, 1.54) is 16.7 Å². The smallest absolute Gasteiger partial charge is 0.324 e. The Morgan fingerprint density at radius 2 is 2.29 bits per heavy atom. The summed E-state index contributed by atoms with van der Waals surface area (Å²) in [5.41, 5.74) is 2.12. The highest BCUT2D eigenvalue weighted by atomic mass is 32.2. The van der Waals surface area contributed by atoms with Crippen LogP contribution in [0.5, 0.6) is 0 Å². The molecule has 1 aromatic heterocycles. The number of imide groups is 1. The summed E-state index contributed by atoms with van der Waals surface area (Å²) in [6.07, 6.45) is 0. The Balaban J connectivity index is 2.20. The second-order valence-electron chi connectivity index (χ2n) is 4.85. The molecule has 2 heterocycles. The van der Waals surface area contributed by atoms with Crippen molar-refractivity contribution in [2.24, 2.45) is 0 Å². The fourth-order valence-corrected chi connectivity index (χ4v) is 3.23. The van der Waals surface area contributed by atoms with Crippen molar-refractivity contribution in [3.05, 3.63) is 22.9 Å². The van der Waals surface area contributed by atoms with E-state index in [1.54, 1.807) is 6.92 Å². The van der Waals surface area contributed by atoms with Gasteiger partial charge in [-0.15, -0.1) is 0 Å². The lowest BCUT2D eigenvalue weighted by atomic mass is 10.1. The number of nitriles is 1. The van der Waals surface area contributed by atoms with Crippen molar-refractivity contribution in [3.8, 4) is 6.07 Å². The minimum atomic E-state index is -0.477. The van der Waals surface area contributed by atoms with Crippen LogP contribution in [0.2, 0.25) is 0 Å². The number of nitrogens with zero attached hydrogens (tertiary/aromatic N) is 3. The molecule has 0 bridgehead atoms. The van der Waals surface area contributed by atoms with Crippen molar-refractivity contribution >= 4 is 23.7 Å². The second kappa shape index (κ2) is 6.14. The number of urea groups is 1. The SMILES string of the molecule is Cc1cc(C)c(C#N)c(S[C@H](C)C(=O)N2CCNC2=O)n1. The molecule has 0 aromatic carbocycles. The average molecular weight is 304 g/mol. The van der Waals surface area contributed by atoms with E-state index in [4.69, 9.17) is 0 Å². The number of amides is 3. The van der Waals surface area contributed by atoms with Gasteiger partial charge in [-0.3, -0.25) is 9.69 Å². The van der Waals surface area contributed by atoms with E-state index < -0.39 is 5.25 Å². The van der Waals surface area contributed by atoms with E-state index in [0.29, 0.717) is 23.7 Å². The Morgan fingerprint density at radius 1 is 1.57 bits per heavy atom. The quantitative estimate of drug-likeness (QED) is 0.857. The molecule has 0 unspecified atom stereocenters. The van der Waals surface area contributed by atoms with Crippen LogP contribution >= 0.6 is 11.8 Å². The van der Waals surface area contributed by atoms with Crippen LogP contribution in [0, 0.1) is 25.2 Å². The molecule has 6 nitrogen and oxygen atoms in total. The Hall–Kier alpha value is -2.07. The van der Waals surface area contributed by atoms with Crippen LogP contribution in [0.25, 0.3) is 0 Å². The Morgan fingerprint density at radius 3 is 2.86 bits per heavy atom. The maximum Gasteiger partial charge on any atom is 0.324 e. The van der Waals surface area contributed by atoms with Crippen molar-refractivity contribution in [3.63, 3.8) is 0 Å². The van der Waals surface area contributed by atoms with Gasteiger partial charge in [0.1, 0.15) is 11.1 Å². The number of aromatic nitrogens is 1. The molecular weight excluding hydrogens is 288 g/mol. The largest absolute Gasteiger partial charge is 0.336 e. The van der Waals surface area contributed by atoms with Gasteiger partial charge in [0.15, 0.2) is 0 Å². The van der Waals surface area contributed by atoms with Gasteiger partial charge in [0.2, 0.25) is 5.91 Å². The molecule has 0 aliphatic carbocycles. The zero-order chi connectivity index (χ0) is 15.6. The highest BCUT2D eigenvalue weighted by Gasteiger charge is 2.30. The summed E-state index contributed by atoms with van der Waals surface area (Å²) in [5.74, 6) is -0.264. The molecule has 2 rings (SSSR count). The molecule has 1 aromatic rings. The molecule has 1 N–H and O–H groups in total. The van der Waals surface area contributed by atoms with Gasteiger partial charge in [0.05, 0.1) is 10.8 Å². The maximum absolute atomic E-state index is 12.3. The van der Waals surface area contributed by atoms with Gasteiger partial charge in [-0.25, -0.2) is 9.78 Å². The molecule has 7 heteroatoms. The van der Waals surface area contributed by atoms with Gasteiger partial charge in [-0.2, -0.15) is 5.26 Å². The molecule has 0 saturated carbocycles. The summed E-state index contributed by atoms with van der Waals surface area (Å²) in [7, 11) is 0. The molecule has 0 radical (unpaired) electrons. The van der Waals surface area contributed by atoms with E-state index >= 15 is 0 Å². The Kier molecular flexibility index (Phi) is 4.48. The first kappa shape index (κ1) is 15.3. The number of nitrogens with one attached hydrogen (secondary N) is 1. The zero-order valence-electron chi connectivity index (χ0n) is 12.1. The molecule has 3 amide bonds. The summed E-state index contributed by atoms with van der Waals surface area (Å²) in [5, 5.41) is 11.9. The molecule has 1 saturated heterocycles.